The summed E-state index contributed by atoms with van der Waals surface area (Å²) in [6, 6.07) is 9.33. The molecule has 5 rings (SSSR count). The number of benzene rings is 1. The molecule has 1 unspecified atom stereocenters. The van der Waals surface area contributed by atoms with Crippen molar-refractivity contribution in [2.45, 2.75) is 135 Å². The molecule has 300 valence electrons. The molecule has 3 aliphatic rings. The Morgan fingerprint density at radius 1 is 1.06 bits per heavy atom. The normalized spacial score (nSPS) is 39.9. The average Bonchev–Trinajstić information content (AvgIpc) is 3.14. The Morgan fingerprint density at radius 3 is 2.46 bits per heavy atom. The van der Waals surface area contributed by atoms with E-state index in [1.165, 1.54) is 6.92 Å². The first-order valence-electron chi connectivity index (χ1n) is 19.6. The van der Waals surface area contributed by atoms with Crippen molar-refractivity contribution in [3.63, 3.8) is 0 Å². The van der Waals surface area contributed by atoms with E-state index in [9.17, 15) is 19.8 Å². The number of para-hydroxylation sites is 1. The van der Waals surface area contributed by atoms with Gasteiger partial charge in [-0.25, -0.2) is 0 Å². The van der Waals surface area contributed by atoms with E-state index in [-0.39, 0.29) is 37.7 Å². The molecule has 2 aromatic rings. The zero-order valence-electron chi connectivity index (χ0n) is 33.8. The predicted octanol–water partition coefficient (Wildman–Crippen LogP) is 4.93. The number of esters is 1. The van der Waals surface area contributed by atoms with Crippen LogP contribution < -0.4 is 4.90 Å². The minimum absolute atomic E-state index is 0.0827. The Bertz CT molecular complexity index is 1620. The summed E-state index contributed by atoms with van der Waals surface area (Å²) in [4.78, 5) is 37.3. The molecule has 0 saturated carbocycles. The summed E-state index contributed by atoms with van der Waals surface area (Å²) in [7, 11) is 3.82. The van der Waals surface area contributed by atoms with Crippen LogP contribution in [0.15, 0.2) is 48.7 Å². The number of aliphatic hydroxyl groups excluding tert-OH is 1. The second-order valence-electron chi connectivity index (χ2n) is 16.5. The Morgan fingerprint density at radius 2 is 1.76 bits per heavy atom. The van der Waals surface area contributed by atoms with E-state index < -0.39 is 71.5 Å². The smallest absolute Gasteiger partial charge is 0.316 e. The number of pyridine rings is 1. The van der Waals surface area contributed by atoms with Crippen LogP contribution in [-0.2, 0) is 33.3 Å². The van der Waals surface area contributed by atoms with Gasteiger partial charge in [0.1, 0.15) is 29.8 Å². The third-order valence-corrected chi connectivity index (χ3v) is 11.8. The summed E-state index contributed by atoms with van der Waals surface area (Å²) >= 11 is 0. The van der Waals surface area contributed by atoms with Gasteiger partial charge in [0.25, 0.3) is 0 Å². The van der Waals surface area contributed by atoms with Crippen molar-refractivity contribution in [2.75, 3.05) is 38.8 Å². The number of Topliss-reactive ketones (excluding diaryl/α,β-unsaturated/α-hetero) is 1. The lowest BCUT2D eigenvalue weighted by atomic mass is 9.78. The van der Waals surface area contributed by atoms with Gasteiger partial charge in [-0.3, -0.25) is 14.6 Å². The van der Waals surface area contributed by atoms with Crippen molar-refractivity contribution in [1.82, 2.24) is 9.88 Å². The fraction of sp³-hybridized carbons (Fsp3) is 0.690. The van der Waals surface area contributed by atoms with Gasteiger partial charge in [0, 0.05) is 23.9 Å². The maximum absolute atomic E-state index is 14.4. The van der Waals surface area contributed by atoms with E-state index in [1.807, 2.05) is 89.3 Å². The number of aromatic nitrogens is 1. The van der Waals surface area contributed by atoms with Gasteiger partial charge in [-0.15, -0.1) is 0 Å². The number of fused-ring (bicyclic) bond motifs is 7. The Hall–Kier alpha value is -2.97. The summed E-state index contributed by atoms with van der Waals surface area (Å²) in [5, 5.41) is 25.0. The van der Waals surface area contributed by atoms with Crippen LogP contribution in [0.25, 0.3) is 10.9 Å². The summed E-state index contributed by atoms with van der Waals surface area (Å²) in [6.07, 6.45) is 1.82. The lowest BCUT2D eigenvalue weighted by molar-refractivity contribution is -0.296. The molecule has 0 amide bonds. The number of ketones is 1. The third kappa shape index (κ3) is 9.01. The molecule has 54 heavy (non-hydrogen) atoms. The van der Waals surface area contributed by atoms with Crippen LogP contribution >= 0.6 is 0 Å². The first-order chi connectivity index (χ1) is 25.5. The Balaban J connectivity index is 1.68. The highest BCUT2D eigenvalue weighted by molar-refractivity contribution is 6.00. The van der Waals surface area contributed by atoms with Crippen LogP contribution in [0.2, 0.25) is 0 Å². The van der Waals surface area contributed by atoms with Gasteiger partial charge in [-0.1, -0.05) is 51.1 Å². The summed E-state index contributed by atoms with van der Waals surface area (Å²) in [6.45, 7) is 15.6. The largest absolute Gasteiger partial charge is 0.459 e. The van der Waals surface area contributed by atoms with Gasteiger partial charge in [0.05, 0.1) is 54.5 Å². The number of likely N-dealkylation sites (N-methyl/N-ethyl adjacent to an activating group) is 1. The highest BCUT2D eigenvalue weighted by atomic mass is 16.7. The van der Waals surface area contributed by atoms with Crippen molar-refractivity contribution in [3.05, 3.63) is 48.7 Å². The number of hydrogen-bond donors (Lipinski definition) is 2. The van der Waals surface area contributed by atoms with Crippen LogP contribution in [0.1, 0.15) is 74.7 Å². The maximum Gasteiger partial charge on any atom is 0.316 e. The van der Waals surface area contributed by atoms with Crippen molar-refractivity contribution < 1.29 is 43.5 Å². The fourth-order valence-corrected chi connectivity index (χ4v) is 8.86. The second kappa shape index (κ2) is 17.4. The quantitative estimate of drug-likeness (QED) is 0.243. The minimum atomic E-state index is -1.66. The summed E-state index contributed by atoms with van der Waals surface area (Å²) < 4.78 is 32.5. The Labute approximate surface area is 321 Å². The number of carbonyl (C=O) groups excluding carboxylic acids is 2. The average molecular weight is 754 g/mol. The zero-order valence-corrected chi connectivity index (χ0v) is 33.8. The molecule has 3 aliphatic heterocycles. The molecule has 2 fully saturated rings. The van der Waals surface area contributed by atoms with E-state index in [0.717, 1.165) is 16.6 Å². The van der Waals surface area contributed by atoms with Crippen LogP contribution in [0.3, 0.4) is 0 Å². The molecule has 0 radical (unpaired) electrons. The molecule has 0 aliphatic carbocycles. The van der Waals surface area contributed by atoms with Gasteiger partial charge in [0.15, 0.2) is 12.1 Å². The summed E-state index contributed by atoms with van der Waals surface area (Å²) in [5.41, 5.74) is -1.07. The van der Waals surface area contributed by atoms with Crippen molar-refractivity contribution >= 4 is 28.3 Å². The van der Waals surface area contributed by atoms with Crippen molar-refractivity contribution in [2.24, 2.45) is 17.8 Å². The molecule has 12 nitrogen and oxygen atoms in total. The second-order valence-corrected chi connectivity index (χ2v) is 16.5. The summed E-state index contributed by atoms with van der Waals surface area (Å²) in [5.74, 6) is -3.28. The van der Waals surface area contributed by atoms with Gasteiger partial charge in [-0.05, 0) is 86.0 Å². The molecule has 0 spiro atoms. The van der Waals surface area contributed by atoms with Crippen LogP contribution in [0.4, 0.5) is 5.69 Å². The van der Waals surface area contributed by atoms with Crippen LogP contribution in [-0.4, -0.2) is 126 Å². The number of ether oxygens (including phenoxy) is 5. The van der Waals surface area contributed by atoms with E-state index in [2.05, 4.69) is 17.9 Å². The van der Waals surface area contributed by atoms with Crippen molar-refractivity contribution in [1.29, 1.82) is 0 Å². The van der Waals surface area contributed by atoms with Crippen LogP contribution in [0, 0.1) is 17.8 Å². The van der Waals surface area contributed by atoms with E-state index in [4.69, 9.17) is 28.7 Å². The first kappa shape index (κ1) is 42.2. The number of nitrogens with zero attached hydrogens (tertiary/aromatic N) is 3. The number of cyclic esters (lactones) is 1. The third-order valence-electron chi connectivity index (χ3n) is 11.8. The predicted molar refractivity (Wildman–Crippen MR) is 207 cm³/mol. The lowest BCUT2D eigenvalue weighted by Gasteiger charge is -2.47. The molecule has 13 atom stereocenters. The number of rotatable bonds is 5. The molecule has 2 N–H and O–H groups in total. The van der Waals surface area contributed by atoms with E-state index >= 15 is 0 Å². The number of aliphatic hydroxyl groups is 2. The molecule has 4 heterocycles. The molecular formula is C42H63N3O9. The van der Waals surface area contributed by atoms with Gasteiger partial charge < -0.3 is 43.7 Å². The topological polar surface area (TPSA) is 140 Å². The fourth-order valence-electron chi connectivity index (χ4n) is 8.86. The highest BCUT2D eigenvalue weighted by Crippen LogP contribution is 2.39. The number of anilines is 1. The SMILES string of the molecule is CC[C@H]1OC(=O)C(C)C(=O)[C@H](C)[C@@H](O[C@@H]2O[C@H](C)C[C@H](N(C)C)[C@H]2O)[C@@]2(C)C[C@@H](C)CN(c3cnc4ccccc4c3)[C@H](C)[C@H](OC/C=C\CO2)[C@]1(C)O. The van der Waals surface area contributed by atoms with Gasteiger partial charge >= 0.3 is 5.97 Å². The zero-order chi connectivity index (χ0) is 39.5. The minimum Gasteiger partial charge on any atom is -0.459 e. The monoisotopic (exact) mass is 753 g/mol. The van der Waals surface area contributed by atoms with Gasteiger partial charge in [-0.2, -0.15) is 0 Å². The highest BCUT2D eigenvalue weighted by Gasteiger charge is 2.51. The standard InChI is InChI=1S/C42H63N3O9/c1-11-34-42(8,49)38-29(6)45(31-21-30-16-12-13-17-32(30)43-23-31)24-25(2)22-41(7,51-19-15-14-18-50-38)37(27(4)35(46)28(5)39(48)53-34)54-40-36(47)33(44(9)10)20-26(3)52-40/h12-17,21,23,25-29,33-34,36-38,40,47,49H,11,18-20,22,24H2,1-10H3/b15-14-/t25-,26-,27+,28?,29-,33+,34-,36-,37-,38+,40+,41-,42-/m1/s1. The van der Waals surface area contributed by atoms with Crippen molar-refractivity contribution in [3.8, 4) is 0 Å². The molecule has 2 bridgehead atoms. The molecular weight excluding hydrogens is 690 g/mol. The van der Waals surface area contributed by atoms with Gasteiger partial charge in [0.2, 0.25) is 0 Å². The number of hydrogen-bond acceptors (Lipinski definition) is 12. The molecule has 1 aromatic heterocycles. The molecule has 12 heteroatoms. The molecule has 1 aromatic carbocycles. The van der Waals surface area contributed by atoms with E-state index in [0.29, 0.717) is 19.4 Å². The lowest BCUT2D eigenvalue weighted by Crippen LogP contribution is -2.61. The maximum atomic E-state index is 14.4. The van der Waals surface area contributed by atoms with E-state index in [1.54, 1.807) is 13.8 Å². The Kier molecular flexibility index (Phi) is 13.6. The first-order valence-corrected chi connectivity index (χ1v) is 19.6. The van der Waals surface area contributed by atoms with Crippen LogP contribution in [0.5, 0.6) is 0 Å². The number of carbonyl (C=O) groups is 2. The molecule has 2 saturated heterocycles.